The van der Waals surface area contributed by atoms with Gasteiger partial charge in [-0.1, -0.05) is 12.1 Å². The van der Waals surface area contributed by atoms with Gasteiger partial charge in [-0.2, -0.15) is 0 Å². The molecule has 2 saturated heterocycles. The molecule has 6 nitrogen and oxygen atoms in total. The van der Waals surface area contributed by atoms with Gasteiger partial charge in [0.15, 0.2) is 11.5 Å². The number of aliphatic carboxylic acids is 1. The molecule has 0 saturated carbocycles. The van der Waals surface area contributed by atoms with E-state index in [2.05, 4.69) is 10.2 Å². The molecule has 0 radical (unpaired) electrons. The van der Waals surface area contributed by atoms with Crippen molar-refractivity contribution in [3.8, 4) is 11.5 Å². The maximum atomic E-state index is 12.0. The minimum atomic E-state index is -1.17. The summed E-state index contributed by atoms with van der Waals surface area (Å²) in [4.78, 5) is 14.4. The van der Waals surface area contributed by atoms with Crippen LogP contribution in [0.3, 0.4) is 0 Å². The molecule has 0 spiro atoms. The van der Waals surface area contributed by atoms with Crippen molar-refractivity contribution in [1.82, 2.24) is 10.2 Å². The monoisotopic (exact) mass is 420 g/mol. The molecule has 1 aromatic carbocycles. The molecule has 1 aromatic rings. The second-order valence-electron chi connectivity index (χ2n) is 7.07. The highest BCUT2D eigenvalue weighted by Crippen LogP contribution is 2.35. The number of methoxy groups -OCH3 is 1. The minimum absolute atomic E-state index is 0. The Balaban J connectivity index is 0.00000182. The molecule has 2 N–H and O–H groups in total. The van der Waals surface area contributed by atoms with Gasteiger partial charge in [0.1, 0.15) is 0 Å². The zero-order valence-electron chi connectivity index (χ0n) is 15.7. The third-order valence-electron chi connectivity index (χ3n) is 5.34. The number of likely N-dealkylation sites (tertiary alicyclic amines) is 1. The Labute approximate surface area is 173 Å². The summed E-state index contributed by atoms with van der Waals surface area (Å²) in [5.74, 6) is 0.842. The first-order valence-corrected chi connectivity index (χ1v) is 9.11. The number of rotatable bonds is 6. The number of hydrogen-bond acceptors (Lipinski definition) is 5. The van der Waals surface area contributed by atoms with Gasteiger partial charge in [-0.05, 0) is 44.0 Å². The number of carboxylic acids is 1. The summed E-state index contributed by atoms with van der Waals surface area (Å²) < 4.78 is 11.3. The zero-order chi connectivity index (χ0) is 17.7. The lowest BCUT2D eigenvalue weighted by atomic mass is 9.89. The van der Waals surface area contributed by atoms with E-state index >= 15 is 0 Å². The molecule has 154 valence electrons. The first-order valence-electron chi connectivity index (χ1n) is 9.11. The lowest BCUT2D eigenvalue weighted by molar-refractivity contribution is -0.160. The van der Waals surface area contributed by atoms with Crippen LogP contribution in [0, 0.1) is 5.92 Å². The Kier molecular flexibility index (Phi) is 9.67. The first kappa shape index (κ1) is 23.8. The van der Waals surface area contributed by atoms with Crippen LogP contribution in [0.1, 0.15) is 25.7 Å². The summed E-state index contributed by atoms with van der Waals surface area (Å²) in [6, 6.07) is 7.23. The van der Waals surface area contributed by atoms with Crippen LogP contribution in [-0.4, -0.2) is 61.4 Å². The maximum absolute atomic E-state index is 12.0. The highest BCUT2D eigenvalue weighted by molar-refractivity contribution is 5.85. The van der Waals surface area contributed by atoms with Gasteiger partial charge >= 0.3 is 5.97 Å². The fourth-order valence-corrected chi connectivity index (χ4v) is 3.81. The number of para-hydroxylation sites is 2. The topological polar surface area (TPSA) is 71.0 Å². The molecular formula is C19H30Cl2N2O4. The highest BCUT2D eigenvalue weighted by atomic mass is 35.5. The van der Waals surface area contributed by atoms with Gasteiger partial charge in [0, 0.05) is 32.5 Å². The van der Waals surface area contributed by atoms with Crippen molar-refractivity contribution in [2.24, 2.45) is 5.92 Å². The van der Waals surface area contributed by atoms with Crippen molar-refractivity contribution in [2.45, 2.75) is 31.3 Å². The fraction of sp³-hybridized carbons (Fsp3) is 0.632. The predicted octanol–water partition coefficient (Wildman–Crippen LogP) is 2.84. The average Bonchev–Trinajstić information content (AvgIpc) is 2.64. The first-order chi connectivity index (χ1) is 12.1. The Morgan fingerprint density at radius 3 is 2.48 bits per heavy atom. The van der Waals surface area contributed by atoms with Crippen molar-refractivity contribution in [3.05, 3.63) is 24.3 Å². The molecule has 0 bridgehead atoms. The average molecular weight is 421 g/mol. The van der Waals surface area contributed by atoms with Gasteiger partial charge in [0.2, 0.25) is 5.60 Å². The molecule has 0 aromatic heterocycles. The van der Waals surface area contributed by atoms with E-state index in [1.165, 1.54) is 12.8 Å². The standard InChI is InChI=1S/C19H28N2O4.2ClH/c1-24-16-6-2-3-7-17(16)25-19(18(22)23)8-11-21(12-9-19)14-15-5-4-10-20-13-15;;/h2-3,6-7,15,20H,4-5,8-14H2,1H3,(H,22,23);2*1H. The SMILES string of the molecule is COc1ccccc1OC1(C(=O)O)CCN(CC2CCCNC2)CC1.Cl.Cl. The van der Waals surface area contributed by atoms with Crippen LogP contribution in [0.2, 0.25) is 0 Å². The molecule has 8 heteroatoms. The third-order valence-corrected chi connectivity index (χ3v) is 5.34. The minimum Gasteiger partial charge on any atom is -0.493 e. The quantitative estimate of drug-likeness (QED) is 0.736. The molecule has 0 amide bonds. The maximum Gasteiger partial charge on any atom is 0.348 e. The van der Waals surface area contributed by atoms with E-state index in [4.69, 9.17) is 9.47 Å². The number of nitrogens with zero attached hydrogens (tertiary/aromatic N) is 1. The second kappa shape index (κ2) is 11.0. The molecule has 2 heterocycles. The Morgan fingerprint density at radius 1 is 1.26 bits per heavy atom. The summed E-state index contributed by atoms with van der Waals surface area (Å²) >= 11 is 0. The molecule has 2 fully saturated rings. The van der Waals surface area contributed by atoms with Gasteiger partial charge in [-0.25, -0.2) is 4.79 Å². The summed E-state index contributed by atoms with van der Waals surface area (Å²) in [7, 11) is 1.57. The molecule has 1 unspecified atom stereocenters. The largest absolute Gasteiger partial charge is 0.493 e. The van der Waals surface area contributed by atoms with Crippen molar-refractivity contribution in [1.29, 1.82) is 0 Å². The van der Waals surface area contributed by atoms with Crippen molar-refractivity contribution in [2.75, 3.05) is 39.8 Å². The molecule has 3 rings (SSSR count). The van der Waals surface area contributed by atoms with E-state index in [-0.39, 0.29) is 24.8 Å². The van der Waals surface area contributed by atoms with Crippen LogP contribution in [0.15, 0.2) is 24.3 Å². The van der Waals surface area contributed by atoms with Crippen LogP contribution >= 0.6 is 24.8 Å². The zero-order valence-corrected chi connectivity index (χ0v) is 17.3. The van der Waals surface area contributed by atoms with E-state index < -0.39 is 11.6 Å². The lowest BCUT2D eigenvalue weighted by Crippen LogP contribution is -2.54. The van der Waals surface area contributed by atoms with E-state index in [1.807, 2.05) is 12.1 Å². The number of nitrogens with one attached hydrogen (secondary N) is 1. The van der Waals surface area contributed by atoms with Gasteiger partial charge in [0.25, 0.3) is 0 Å². The normalized spacial score (nSPS) is 22.0. The van der Waals surface area contributed by atoms with E-state index in [9.17, 15) is 9.90 Å². The van der Waals surface area contributed by atoms with E-state index in [1.54, 1.807) is 19.2 Å². The van der Waals surface area contributed by atoms with Crippen LogP contribution in [-0.2, 0) is 4.79 Å². The molecule has 0 aliphatic carbocycles. The summed E-state index contributed by atoms with van der Waals surface area (Å²) in [5.41, 5.74) is -1.17. The summed E-state index contributed by atoms with van der Waals surface area (Å²) in [5, 5.41) is 13.3. The Morgan fingerprint density at radius 2 is 1.93 bits per heavy atom. The number of halogens is 2. The summed E-state index contributed by atoms with van der Waals surface area (Å²) in [6.07, 6.45) is 3.46. The van der Waals surface area contributed by atoms with E-state index in [0.717, 1.165) is 32.7 Å². The van der Waals surface area contributed by atoms with Crippen LogP contribution in [0.5, 0.6) is 11.5 Å². The number of carbonyl (C=O) groups is 1. The number of hydrogen-bond donors (Lipinski definition) is 2. The lowest BCUT2D eigenvalue weighted by Gasteiger charge is -2.40. The highest BCUT2D eigenvalue weighted by Gasteiger charge is 2.44. The van der Waals surface area contributed by atoms with E-state index in [0.29, 0.717) is 30.3 Å². The predicted molar refractivity (Wildman–Crippen MR) is 110 cm³/mol. The van der Waals surface area contributed by atoms with Crippen molar-refractivity contribution < 1.29 is 19.4 Å². The fourth-order valence-electron chi connectivity index (χ4n) is 3.81. The van der Waals surface area contributed by atoms with Crippen LogP contribution < -0.4 is 14.8 Å². The van der Waals surface area contributed by atoms with Crippen molar-refractivity contribution in [3.63, 3.8) is 0 Å². The molecule has 27 heavy (non-hydrogen) atoms. The Hall–Kier alpha value is -1.21. The van der Waals surface area contributed by atoms with Gasteiger partial charge in [0.05, 0.1) is 7.11 Å². The number of ether oxygens (including phenoxy) is 2. The Bertz CT molecular complexity index is 589. The smallest absolute Gasteiger partial charge is 0.348 e. The molecular weight excluding hydrogens is 391 g/mol. The van der Waals surface area contributed by atoms with Gasteiger partial charge < -0.3 is 24.8 Å². The number of carboxylic acid groups (broad SMARTS) is 1. The molecule has 1 atom stereocenters. The van der Waals surface area contributed by atoms with Crippen LogP contribution in [0.25, 0.3) is 0 Å². The van der Waals surface area contributed by atoms with Gasteiger partial charge in [-0.15, -0.1) is 24.8 Å². The van der Waals surface area contributed by atoms with Crippen LogP contribution in [0.4, 0.5) is 0 Å². The van der Waals surface area contributed by atoms with Crippen molar-refractivity contribution >= 4 is 30.8 Å². The van der Waals surface area contributed by atoms with Gasteiger partial charge in [-0.3, -0.25) is 0 Å². The second-order valence-corrected chi connectivity index (χ2v) is 7.07. The molecule has 2 aliphatic heterocycles. The summed E-state index contributed by atoms with van der Waals surface area (Å²) in [6.45, 7) is 4.72. The number of benzene rings is 1. The molecule has 2 aliphatic rings. The third kappa shape index (κ3) is 5.88. The number of piperidine rings is 2.